The highest BCUT2D eigenvalue weighted by atomic mass is 32.2. The van der Waals surface area contributed by atoms with Crippen molar-refractivity contribution in [3.8, 4) is 0 Å². The van der Waals surface area contributed by atoms with E-state index in [1.54, 1.807) is 0 Å². The van der Waals surface area contributed by atoms with Crippen molar-refractivity contribution in [1.29, 1.82) is 0 Å². The number of rotatable bonds is 9. The number of hydrogen-bond donors (Lipinski definition) is 2. The van der Waals surface area contributed by atoms with Gasteiger partial charge in [0.1, 0.15) is 5.82 Å². The predicted octanol–water partition coefficient (Wildman–Crippen LogP) is 4.45. The minimum absolute atomic E-state index is 0.0584. The Morgan fingerprint density at radius 1 is 0.767 bits per heavy atom. The van der Waals surface area contributed by atoms with Crippen molar-refractivity contribution in [2.24, 2.45) is 0 Å². The second-order valence-electron chi connectivity index (χ2n) is 6.73. The lowest BCUT2D eigenvalue weighted by Gasteiger charge is -2.19. The van der Waals surface area contributed by atoms with Crippen molar-refractivity contribution in [2.75, 3.05) is 23.4 Å². The molecule has 6 heteroatoms. The minimum Gasteiger partial charge on any atom is -0.354 e. The van der Waals surface area contributed by atoms with Gasteiger partial charge in [0.25, 0.3) is 0 Å². The topological polar surface area (TPSA) is 58.2 Å². The summed E-state index contributed by atoms with van der Waals surface area (Å²) in [6.45, 7) is 0.481. The number of anilines is 1. The first-order valence-electron chi connectivity index (χ1n) is 9.61. The quantitative estimate of drug-likeness (QED) is 0.536. The molecule has 2 N–H and O–H groups in total. The van der Waals surface area contributed by atoms with Crippen molar-refractivity contribution < 1.29 is 14.0 Å². The first kappa shape index (κ1) is 21.6. The molecule has 0 fully saturated rings. The van der Waals surface area contributed by atoms with Gasteiger partial charge in [-0.25, -0.2) is 4.39 Å². The summed E-state index contributed by atoms with van der Waals surface area (Å²) in [5, 5.41) is 5.65. The standard InChI is InChI=1S/C24H23FN2O2S/c25-20-11-13-21(14-12-20)27-24(29)17-30-16-23(28)26-15-22(18-7-3-1-4-8-18)19-9-5-2-6-10-19/h1-14,22H,15-17H2,(H,26,28)(H,27,29). The first-order valence-corrected chi connectivity index (χ1v) is 10.8. The van der Waals surface area contributed by atoms with Crippen molar-refractivity contribution >= 4 is 29.3 Å². The van der Waals surface area contributed by atoms with Crippen LogP contribution >= 0.6 is 11.8 Å². The van der Waals surface area contributed by atoms with Gasteiger partial charge in [-0.1, -0.05) is 60.7 Å². The fourth-order valence-electron chi connectivity index (χ4n) is 3.03. The zero-order valence-corrected chi connectivity index (χ0v) is 17.2. The number of thioether (sulfide) groups is 1. The molecule has 3 rings (SSSR count). The molecule has 0 aliphatic heterocycles. The summed E-state index contributed by atoms with van der Waals surface area (Å²) < 4.78 is 12.9. The molecule has 3 aromatic rings. The van der Waals surface area contributed by atoms with Crippen LogP contribution in [0.1, 0.15) is 17.0 Å². The third kappa shape index (κ3) is 6.74. The van der Waals surface area contributed by atoms with E-state index < -0.39 is 0 Å². The molecular formula is C24H23FN2O2S. The largest absolute Gasteiger partial charge is 0.354 e. The van der Waals surface area contributed by atoms with Crippen LogP contribution in [0.2, 0.25) is 0 Å². The molecule has 154 valence electrons. The molecule has 0 saturated carbocycles. The number of hydrogen-bond acceptors (Lipinski definition) is 3. The molecule has 0 atom stereocenters. The molecule has 30 heavy (non-hydrogen) atoms. The summed E-state index contributed by atoms with van der Waals surface area (Å²) in [7, 11) is 0. The Hall–Kier alpha value is -3.12. The minimum atomic E-state index is -0.358. The van der Waals surface area contributed by atoms with Crippen molar-refractivity contribution in [3.05, 3.63) is 102 Å². The first-order chi connectivity index (χ1) is 14.6. The lowest BCUT2D eigenvalue weighted by molar-refractivity contribution is -0.118. The molecule has 3 aromatic carbocycles. The molecule has 0 aliphatic carbocycles. The van der Waals surface area contributed by atoms with E-state index in [1.165, 1.54) is 36.0 Å². The summed E-state index contributed by atoms with van der Waals surface area (Å²) in [5.74, 6) is -0.317. The zero-order valence-electron chi connectivity index (χ0n) is 16.4. The molecule has 4 nitrogen and oxygen atoms in total. The Labute approximate surface area is 179 Å². The van der Waals surface area contributed by atoms with E-state index in [2.05, 4.69) is 34.9 Å². The molecule has 2 amide bonds. The van der Waals surface area contributed by atoms with Crippen LogP contribution in [0, 0.1) is 5.82 Å². The Morgan fingerprint density at radius 3 is 1.87 bits per heavy atom. The van der Waals surface area contributed by atoms with Gasteiger partial charge in [-0.3, -0.25) is 9.59 Å². The van der Waals surface area contributed by atoms with E-state index in [0.717, 1.165) is 11.1 Å². The van der Waals surface area contributed by atoms with Gasteiger partial charge >= 0.3 is 0 Å². The van der Waals surface area contributed by atoms with Crippen molar-refractivity contribution in [3.63, 3.8) is 0 Å². The van der Waals surface area contributed by atoms with Gasteiger partial charge in [0, 0.05) is 18.2 Å². The number of nitrogens with one attached hydrogen (secondary N) is 2. The lowest BCUT2D eigenvalue weighted by Crippen LogP contribution is -2.30. The van der Waals surface area contributed by atoms with Gasteiger partial charge in [-0.05, 0) is 35.4 Å². The maximum absolute atomic E-state index is 12.9. The van der Waals surface area contributed by atoms with Crippen LogP contribution in [0.15, 0.2) is 84.9 Å². The average Bonchev–Trinajstić information content (AvgIpc) is 2.77. The number of carbonyl (C=O) groups is 2. The van der Waals surface area contributed by atoms with E-state index in [4.69, 9.17) is 0 Å². The Kier molecular flexibility index (Phi) is 8.03. The SMILES string of the molecule is O=C(CSCC(=O)Nc1ccc(F)cc1)NCC(c1ccccc1)c1ccccc1. The summed E-state index contributed by atoms with van der Waals surface area (Å²) in [6.07, 6.45) is 0. The highest BCUT2D eigenvalue weighted by molar-refractivity contribution is 8.00. The second-order valence-corrected chi connectivity index (χ2v) is 7.71. The molecule has 0 bridgehead atoms. The van der Waals surface area contributed by atoms with Crippen LogP contribution in [0.5, 0.6) is 0 Å². The predicted molar refractivity (Wildman–Crippen MR) is 120 cm³/mol. The monoisotopic (exact) mass is 422 g/mol. The highest BCUT2D eigenvalue weighted by Gasteiger charge is 2.15. The summed E-state index contributed by atoms with van der Waals surface area (Å²) in [6, 6.07) is 25.7. The van der Waals surface area contributed by atoms with Crippen LogP contribution in [0.3, 0.4) is 0 Å². The maximum Gasteiger partial charge on any atom is 0.234 e. The van der Waals surface area contributed by atoms with Crippen LogP contribution < -0.4 is 10.6 Å². The molecule has 0 aromatic heterocycles. The van der Waals surface area contributed by atoms with Crippen molar-refractivity contribution in [2.45, 2.75) is 5.92 Å². The molecule has 0 unspecified atom stereocenters. The van der Waals surface area contributed by atoms with E-state index in [1.807, 2.05) is 36.4 Å². The summed E-state index contributed by atoms with van der Waals surface area (Å²) >= 11 is 1.24. The molecular weight excluding hydrogens is 399 g/mol. The van der Waals surface area contributed by atoms with Crippen LogP contribution in [0.25, 0.3) is 0 Å². The smallest absolute Gasteiger partial charge is 0.234 e. The second kappa shape index (κ2) is 11.2. The third-order valence-corrected chi connectivity index (χ3v) is 5.43. The van der Waals surface area contributed by atoms with E-state index in [-0.39, 0.29) is 35.1 Å². The Bertz CT molecular complexity index is 910. The molecule has 0 aliphatic rings. The van der Waals surface area contributed by atoms with E-state index in [9.17, 15) is 14.0 Å². The third-order valence-electron chi connectivity index (χ3n) is 4.50. The zero-order chi connectivity index (χ0) is 21.2. The van der Waals surface area contributed by atoms with Gasteiger partial charge < -0.3 is 10.6 Å². The Morgan fingerprint density at radius 2 is 1.30 bits per heavy atom. The van der Waals surface area contributed by atoms with Crippen LogP contribution in [-0.2, 0) is 9.59 Å². The van der Waals surface area contributed by atoms with E-state index >= 15 is 0 Å². The normalized spacial score (nSPS) is 10.6. The molecule has 0 spiro atoms. The maximum atomic E-state index is 12.9. The van der Waals surface area contributed by atoms with Gasteiger partial charge in [-0.2, -0.15) is 0 Å². The lowest BCUT2D eigenvalue weighted by atomic mass is 9.91. The highest BCUT2D eigenvalue weighted by Crippen LogP contribution is 2.23. The van der Waals surface area contributed by atoms with Crippen LogP contribution in [0.4, 0.5) is 10.1 Å². The molecule has 0 saturated heterocycles. The number of amides is 2. The van der Waals surface area contributed by atoms with Gasteiger partial charge in [-0.15, -0.1) is 11.8 Å². The molecule has 0 radical (unpaired) electrons. The average molecular weight is 423 g/mol. The fraction of sp³-hybridized carbons (Fsp3) is 0.167. The summed E-state index contributed by atoms with van der Waals surface area (Å²) in [5.41, 5.74) is 2.80. The van der Waals surface area contributed by atoms with Gasteiger partial charge in [0.15, 0.2) is 0 Å². The number of benzene rings is 3. The Balaban J connectivity index is 1.46. The summed E-state index contributed by atoms with van der Waals surface area (Å²) in [4.78, 5) is 24.2. The van der Waals surface area contributed by atoms with Gasteiger partial charge in [0.2, 0.25) is 11.8 Å². The molecule has 0 heterocycles. The van der Waals surface area contributed by atoms with Gasteiger partial charge in [0.05, 0.1) is 11.5 Å². The fourth-order valence-corrected chi connectivity index (χ4v) is 3.68. The van der Waals surface area contributed by atoms with Crippen molar-refractivity contribution in [1.82, 2.24) is 5.32 Å². The van der Waals surface area contributed by atoms with Crippen LogP contribution in [-0.4, -0.2) is 29.9 Å². The number of carbonyl (C=O) groups excluding carboxylic acids is 2. The number of halogens is 1. The van der Waals surface area contributed by atoms with E-state index in [0.29, 0.717) is 12.2 Å².